The van der Waals surface area contributed by atoms with Crippen LogP contribution in [0.2, 0.25) is 10.0 Å². The lowest BCUT2D eigenvalue weighted by molar-refractivity contribution is 0.102. The lowest BCUT2D eigenvalue weighted by Crippen LogP contribution is -2.13. The van der Waals surface area contributed by atoms with Gasteiger partial charge in [0.1, 0.15) is 10.7 Å². The maximum atomic E-state index is 12.6. The van der Waals surface area contributed by atoms with Crippen molar-refractivity contribution in [3.05, 3.63) is 87.7 Å². The predicted molar refractivity (Wildman–Crippen MR) is 115 cm³/mol. The fourth-order valence-corrected chi connectivity index (χ4v) is 3.15. The number of H-pyrrole nitrogens is 1. The molecule has 0 saturated carbocycles. The summed E-state index contributed by atoms with van der Waals surface area (Å²) < 4.78 is 1.66. The number of anilines is 1. The molecule has 29 heavy (non-hydrogen) atoms. The lowest BCUT2D eigenvalue weighted by Gasteiger charge is -2.02. The number of amides is 1. The monoisotopic (exact) mass is 425 g/mol. The number of hydrogen-bond acceptors (Lipinski definition) is 3. The fourth-order valence-electron chi connectivity index (χ4n) is 2.82. The lowest BCUT2D eigenvalue weighted by atomic mass is 10.1. The molecule has 2 aromatic carbocycles. The van der Waals surface area contributed by atoms with E-state index in [2.05, 4.69) is 20.6 Å². The van der Waals surface area contributed by atoms with Crippen molar-refractivity contribution in [3.8, 4) is 11.3 Å². The van der Waals surface area contributed by atoms with Gasteiger partial charge in [-0.2, -0.15) is 10.2 Å². The highest BCUT2D eigenvalue weighted by atomic mass is 35.5. The first-order valence-corrected chi connectivity index (χ1v) is 9.65. The van der Waals surface area contributed by atoms with E-state index in [4.69, 9.17) is 23.2 Å². The maximum Gasteiger partial charge on any atom is 0.274 e. The summed E-state index contributed by atoms with van der Waals surface area (Å²) in [5.74, 6) is -0.0772. The Morgan fingerprint density at radius 3 is 2.55 bits per heavy atom. The molecule has 2 N–H and O–H groups in total. The molecular formula is C21H17Cl2N5O. The maximum absolute atomic E-state index is 12.6. The molecule has 8 heteroatoms. The average Bonchev–Trinajstić information content (AvgIpc) is 3.32. The number of nitrogens with one attached hydrogen (secondary N) is 2. The van der Waals surface area contributed by atoms with Gasteiger partial charge in [0.15, 0.2) is 5.82 Å². The Balaban J connectivity index is 1.46. The van der Waals surface area contributed by atoms with Gasteiger partial charge in [0.05, 0.1) is 12.2 Å². The van der Waals surface area contributed by atoms with Crippen molar-refractivity contribution < 1.29 is 4.79 Å². The third-order valence-corrected chi connectivity index (χ3v) is 4.91. The second-order valence-corrected chi connectivity index (χ2v) is 7.48. The van der Waals surface area contributed by atoms with E-state index in [1.807, 2.05) is 55.5 Å². The Labute approximate surface area is 177 Å². The highest BCUT2D eigenvalue weighted by molar-refractivity contribution is 6.33. The molecule has 0 aliphatic heterocycles. The minimum atomic E-state index is -0.366. The summed E-state index contributed by atoms with van der Waals surface area (Å²) in [4.78, 5) is 12.6. The Bertz CT molecular complexity index is 1150. The van der Waals surface area contributed by atoms with Gasteiger partial charge < -0.3 is 5.32 Å². The van der Waals surface area contributed by atoms with Crippen molar-refractivity contribution in [3.63, 3.8) is 0 Å². The molecule has 0 fully saturated rings. The molecular weight excluding hydrogens is 409 g/mol. The van der Waals surface area contributed by atoms with Crippen LogP contribution in [-0.4, -0.2) is 25.9 Å². The van der Waals surface area contributed by atoms with E-state index < -0.39 is 0 Å². The van der Waals surface area contributed by atoms with Crippen LogP contribution >= 0.6 is 23.2 Å². The number of aryl methyl sites for hydroxylation is 1. The minimum absolute atomic E-state index is 0.289. The predicted octanol–water partition coefficient (Wildman–Crippen LogP) is 5.19. The average molecular weight is 426 g/mol. The molecule has 0 saturated heterocycles. The van der Waals surface area contributed by atoms with E-state index in [0.717, 1.165) is 16.7 Å². The van der Waals surface area contributed by atoms with Crippen molar-refractivity contribution in [2.75, 3.05) is 5.32 Å². The Morgan fingerprint density at radius 2 is 1.83 bits per heavy atom. The summed E-state index contributed by atoms with van der Waals surface area (Å²) >= 11 is 12.1. The first kappa shape index (κ1) is 19.2. The number of carbonyl (C=O) groups excluding carboxylic acids is 1. The molecule has 0 atom stereocenters. The van der Waals surface area contributed by atoms with Crippen LogP contribution < -0.4 is 5.32 Å². The van der Waals surface area contributed by atoms with Crippen molar-refractivity contribution >= 4 is 34.9 Å². The van der Waals surface area contributed by atoms with Crippen LogP contribution in [0.5, 0.6) is 0 Å². The topological polar surface area (TPSA) is 75.6 Å². The van der Waals surface area contributed by atoms with Gasteiger partial charge in [-0.1, -0.05) is 65.2 Å². The Kier molecular flexibility index (Phi) is 5.38. The molecule has 2 aromatic heterocycles. The molecule has 4 rings (SSSR count). The standard InChI is InChI=1S/C21H17Cl2N5O/c1-13-2-6-15(7-3-13)18-10-19(26-25-18)21(29)24-20-17(23)12-28(27-20)11-14-4-8-16(22)9-5-14/h2-10,12H,11H2,1H3,(H,25,26)(H,24,27,29). The fraction of sp³-hybridized carbons (Fsp3) is 0.0952. The number of hydrogen-bond donors (Lipinski definition) is 2. The first-order valence-electron chi connectivity index (χ1n) is 8.89. The Morgan fingerprint density at radius 1 is 1.10 bits per heavy atom. The molecule has 0 spiro atoms. The van der Waals surface area contributed by atoms with Crippen molar-refractivity contribution in [2.24, 2.45) is 0 Å². The second-order valence-electron chi connectivity index (χ2n) is 6.64. The highest BCUT2D eigenvalue weighted by Crippen LogP contribution is 2.22. The van der Waals surface area contributed by atoms with Crippen LogP contribution in [-0.2, 0) is 6.54 Å². The van der Waals surface area contributed by atoms with E-state index in [-0.39, 0.29) is 11.7 Å². The zero-order valence-corrected chi connectivity index (χ0v) is 17.0. The van der Waals surface area contributed by atoms with Crippen molar-refractivity contribution in [1.29, 1.82) is 0 Å². The van der Waals surface area contributed by atoms with Gasteiger partial charge in [0.25, 0.3) is 5.91 Å². The molecule has 0 unspecified atom stereocenters. The summed E-state index contributed by atoms with van der Waals surface area (Å²) in [5.41, 5.74) is 4.11. The zero-order chi connectivity index (χ0) is 20.4. The van der Waals surface area contributed by atoms with Gasteiger partial charge in [-0.15, -0.1) is 0 Å². The second kappa shape index (κ2) is 8.11. The molecule has 6 nitrogen and oxygen atoms in total. The van der Waals surface area contributed by atoms with E-state index in [9.17, 15) is 4.79 Å². The van der Waals surface area contributed by atoms with Gasteiger partial charge in [-0.25, -0.2) is 0 Å². The molecule has 0 bridgehead atoms. The Hall–Kier alpha value is -3.09. The van der Waals surface area contributed by atoms with Gasteiger partial charge >= 0.3 is 0 Å². The third-order valence-electron chi connectivity index (χ3n) is 4.38. The van der Waals surface area contributed by atoms with E-state index in [1.54, 1.807) is 16.9 Å². The number of carbonyl (C=O) groups is 1. The zero-order valence-electron chi connectivity index (χ0n) is 15.5. The third kappa shape index (κ3) is 4.50. The summed E-state index contributed by atoms with van der Waals surface area (Å²) in [6.45, 7) is 2.53. The number of nitrogens with zero attached hydrogens (tertiary/aromatic N) is 3. The number of aromatic amines is 1. The van der Waals surface area contributed by atoms with E-state index in [0.29, 0.717) is 28.0 Å². The normalized spacial score (nSPS) is 10.9. The van der Waals surface area contributed by atoms with Crippen LogP contribution in [0.3, 0.4) is 0 Å². The molecule has 0 radical (unpaired) electrons. The molecule has 0 aliphatic carbocycles. The summed E-state index contributed by atoms with van der Waals surface area (Å²) in [5, 5.41) is 15.1. The highest BCUT2D eigenvalue weighted by Gasteiger charge is 2.15. The van der Waals surface area contributed by atoms with Gasteiger partial charge in [0, 0.05) is 16.8 Å². The van der Waals surface area contributed by atoms with Crippen molar-refractivity contribution in [2.45, 2.75) is 13.5 Å². The SMILES string of the molecule is Cc1ccc(-c2cc(C(=O)Nc3nn(Cc4ccc(Cl)cc4)cc3Cl)[nH]n2)cc1. The molecule has 1 amide bonds. The minimum Gasteiger partial charge on any atom is -0.302 e. The number of benzene rings is 2. The molecule has 0 aliphatic rings. The van der Waals surface area contributed by atoms with Gasteiger partial charge in [0.2, 0.25) is 0 Å². The molecule has 2 heterocycles. The van der Waals surface area contributed by atoms with E-state index in [1.165, 1.54) is 0 Å². The molecule has 4 aromatic rings. The number of rotatable bonds is 5. The summed E-state index contributed by atoms with van der Waals surface area (Å²) in [6, 6.07) is 17.1. The smallest absolute Gasteiger partial charge is 0.274 e. The van der Waals surface area contributed by atoms with Crippen LogP contribution in [0.15, 0.2) is 60.8 Å². The van der Waals surface area contributed by atoms with Crippen molar-refractivity contribution in [1.82, 2.24) is 20.0 Å². The first-order chi connectivity index (χ1) is 14.0. The van der Waals surface area contributed by atoms with Gasteiger partial charge in [-0.3, -0.25) is 14.6 Å². The summed E-state index contributed by atoms with van der Waals surface area (Å²) in [7, 11) is 0. The quantitative estimate of drug-likeness (QED) is 0.461. The van der Waals surface area contributed by atoms with Crippen LogP contribution in [0.1, 0.15) is 21.6 Å². The van der Waals surface area contributed by atoms with Crippen LogP contribution in [0, 0.1) is 6.92 Å². The number of aromatic nitrogens is 4. The van der Waals surface area contributed by atoms with Crippen LogP contribution in [0.4, 0.5) is 5.82 Å². The van der Waals surface area contributed by atoms with Crippen LogP contribution in [0.25, 0.3) is 11.3 Å². The largest absolute Gasteiger partial charge is 0.302 e. The number of halogens is 2. The molecule has 146 valence electrons. The van der Waals surface area contributed by atoms with Gasteiger partial charge in [-0.05, 0) is 30.7 Å². The van der Waals surface area contributed by atoms with E-state index >= 15 is 0 Å². The summed E-state index contributed by atoms with van der Waals surface area (Å²) in [6.07, 6.45) is 1.66.